The number of benzene rings is 1. The highest BCUT2D eigenvalue weighted by Gasteiger charge is 2.36. The molecule has 2 aliphatic heterocycles. The van der Waals surface area contributed by atoms with E-state index in [1.165, 1.54) is 6.07 Å². The summed E-state index contributed by atoms with van der Waals surface area (Å²) in [5.41, 5.74) is 0.480. The van der Waals surface area contributed by atoms with E-state index in [1.807, 2.05) is 0 Å². The average molecular weight is 328 g/mol. The summed E-state index contributed by atoms with van der Waals surface area (Å²) in [4.78, 5) is 0. The lowest BCUT2D eigenvalue weighted by Crippen LogP contribution is -2.46. The first-order chi connectivity index (χ1) is 10.6. The summed E-state index contributed by atoms with van der Waals surface area (Å²) >= 11 is 0. The summed E-state index contributed by atoms with van der Waals surface area (Å²) in [7, 11) is -3.26. The molecule has 1 atom stereocenters. The van der Waals surface area contributed by atoms with Gasteiger partial charge >= 0.3 is 0 Å². The minimum Gasteiger partial charge on any atom is -0.380 e. The molecule has 0 aliphatic carbocycles. The van der Waals surface area contributed by atoms with Gasteiger partial charge in [-0.05, 0) is 31.4 Å². The van der Waals surface area contributed by atoms with Crippen molar-refractivity contribution in [1.29, 1.82) is 0 Å². The molecule has 0 spiro atoms. The molecule has 2 aliphatic rings. The maximum atomic E-state index is 13.6. The SMILES string of the molecule is O=S(=O)([C@H]1CCOC1)N1CCC(Nc2ccccc2F)CC1. The number of ether oxygens (including phenoxy) is 1. The molecule has 2 saturated heterocycles. The van der Waals surface area contributed by atoms with E-state index in [0.717, 1.165) is 0 Å². The minimum atomic E-state index is -3.26. The topological polar surface area (TPSA) is 58.6 Å². The normalized spacial score (nSPS) is 24.5. The fourth-order valence-electron chi connectivity index (χ4n) is 3.01. The van der Waals surface area contributed by atoms with E-state index in [0.29, 0.717) is 51.3 Å². The molecular weight excluding hydrogens is 307 g/mol. The van der Waals surface area contributed by atoms with Gasteiger partial charge in [-0.25, -0.2) is 17.1 Å². The van der Waals surface area contributed by atoms with Crippen LogP contribution in [0.1, 0.15) is 19.3 Å². The van der Waals surface area contributed by atoms with Gasteiger partial charge in [0.1, 0.15) is 11.1 Å². The second-order valence-corrected chi connectivity index (χ2v) is 8.04. The Balaban J connectivity index is 1.57. The van der Waals surface area contributed by atoms with Crippen molar-refractivity contribution in [1.82, 2.24) is 4.31 Å². The maximum absolute atomic E-state index is 13.6. The van der Waals surface area contributed by atoms with Crippen LogP contribution in [0.3, 0.4) is 0 Å². The molecule has 1 N–H and O–H groups in total. The summed E-state index contributed by atoms with van der Waals surface area (Å²) in [5.74, 6) is -0.277. The summed E-state index contributed by atoms with van der Waals surface area (Å²) < 4.78 is 45.3. The number of nitrogens with one attached hydrogen (secondary N) is 1. The smallest absolute Gasteiger partial charge is 0.219 e. The third-order valence-corrected chi connectivity index (χ3v) is 6.66. The molecule has 1 aromatic carbocycles. The van der Waals surface area contributed by atoms with Gasteiger partial charge in [-0.2, -0.15) is 0 Å². The highest BCUT2D eigenvalue weighted by atomic mass is 32.2. The monoisotopic (exact) mass is 328 g/mol. The molecular formula is C15H21FN2O3S. The van der Waals surface area contributed by atoms with Crippen LogP contribution < -0.4 is 5.32 Å². The van der Waals surface area contributed by atoms with Gasteiger partial charge in [0, 0.05) is 25.7 Å². The first-order valence-electron chi connectivity index (χ1n) is 7.65. The Morgan fingerprint density at radius 3 is 2.55 bits per heavy atom. The van der Waals surface area contributed by atoms with E-state index < -0.39 is 15.3 Å². The van der Waals surface area contributed by atoms with Crippen LogP contribution in [0, 0.1) is 5.82 Å². The maximum Gasteiger partial charge on any atom is 0.219 e. The Kier molecular flexibility index (Phi) is 4.65. The van der Waals surface area contributed by atoms with E-state index in [-0.39, 0.29) is 11.9 Å². The Bertz CT molecular complexity index is 609. The van der Waals surface area contributed by atoms with E-state index >= 15 is 0 Å². The summed E-state index contributed by atoms with van der Waals surface area (Å²) in [6.07, 6.45) is 1.94. The fourth-order valence-corrected chi connectivity index (χ4v) is 4.82. The van der Waals surface area contributed by atoms with Gasteiger partial charge in [-0.3, -0.25) is 0 Å². The van der Waals surface area contributed by atoms with Gasteiger partial charge in [0.25, 0.3) is 0 Å². The van der Waals surface area contributed by atoms with Crippen molar-refractivity contribution in [2.24, 2.45) is 0 Å². The minimum absolute atomic E-state index is 0.100. The van der Waals surface area contributed by atoms with Crippen molar-refractivity contribution in [3.05, 3.63) is 30.1 Å². The zero-order chi connectivity index (χ0) is 15.6. The van der Waals surface area contributed by atoms with Crippen LogP contribution in [-0.4, -0.2) is 50.3 Å². The predicted octanol–water partition coefficient (Wildman–Crippen LogP) is 1.82. The van der Waals surface area contributed by atoms with Crippen LogP contribution in [0.25, 0.3) is 0 Å². The van der Waals surface area contributed by atoms with E-state index in [2.05, 4.69) is 5.32 Å². The molecule has 0 bridgehead atoms. The van der Waals surface area contributed by atoms with Crippen molar-refractivity contribution in [2.75, 3.05) is 31.6 Å². The molecule has 122 valence electrons. The molecule has 0 unspecified atom stereocenters. The van der Waals surface area contributed by atoms with Gasteiger partial charge in [-0.15, -0.1) is 0 Å². The standard InChI is InChI=1S/C15H21FN2O3S/c16-14-3-1-2-4-15(14)17-12-5-8-18(9-6-12)22(19,20)13-7-10-21-11-13/h1-4,12-13,17H,5-11H2/t13-/m0/s1. The Hall–Kier alpha value is -1.18. The highest BCUT2D eigenvalue weighted by molar-refractivity contribution is 7.89. The second-order valence-electron chi connectivity index (χ2n) is 5.83. The van der Waals surface area contributed by atoms with Crippen molar-refractivity contribution < 1.29 is 17.5 Å². The molecule has 5 nitrogen and oxygen atoms in total. The number of rotatable bonds is 4. The molecule has 0 radical (unpaired) electrons. The molecule has 22 heavy (non-hydrogen) atoms. The van der Waals surface area contributed by atoms with Gasteiger partial charge in [0.05, 0.1) is 12.3 Å². The fraction of sp³-hybridized carbons (Fsp3) is 0.600. The Morgan fingerprint density at radius 2 is 1.91 bits per heavy atom. The largest absolute Gasteiger partial charge is 0.380 e. The molecule has 3 rings (SSSR count). The number of hydrogen-bond donors (Lipinski definition) is 1. The van der Waals surface area contributed by atoms with Crippen LogP contribution in [0.2, 0.25) is 0 Å². The van der Waals surface area contributed by atoms with Gasteiger partial charge in [-0.1, -0.05) is 12.1 Å². The number of sulfonamides is 1. The van der Waals surface area contributed by atoms with Gasteiger partial charge < -0.3 is 10.1 Å². The number of nitrogens with zero attached hydrogens (tertiary/aromatic N) is 1. The van der Waals surface area contributed by atoms with Crippen molar-refractivity contribution in [2.45, 2.75) is 30.6 Å². The molecule has 2 heterocycles. The van der Waals surface area contributed by atoms with Crippen LogP contribution in [-0.2, 0) is 14.8 Å². The van der Waals surface area contributed by atoms with E-state index in [9.17, 15) is 12.8 Å². The molecule has 1 aromatic rings. The van der Waals surface area contributed by atoms with Crippen LogP contribution in [0.15, 0.2) is 24.3 Å². The molecule has 0 aromatic heterocycles. The number of piperidine rings is 1. The molecule has 7 heteroatoms. The quantitative estimate of drug-likeness (QED) is 0.916. The summed E-state index contributed by atoms with van der Waals surface area (Å²) in [6, 6.07) is 6.66. The first-order valence-corrected chi connectivity index (χ1v) is 9.15. The summed E-state index contributed by atoms with van der Waals surface area (Å²) in [6.45, 7) is 1.78. The molecule has 0 saturated carbocycles. The number of halogens is 1. The Morgan fingerprint density at radius 1 is 1.18 bits per heavy atom. The zero-order valence-corrected chi connectivity index (χ0v) is 13.2. The third kappa shape index (κ3) is 3.26. The highest BCUT2D eigenvalue weighted by Crippen LogP contribution is 2.24. The lowest BCUT2D eigenvalue weighted by atomic mass is 10.1. The first kappa shape index (κ1) is 15.7. The van der Waals surface area contributed by atoms with Crippen molar-refractivity contribution >= 4 is 15.7 Å². The van der Waals surface area contributed by atoms with Crippen molar-refractivity contribution in [3.8, 4) is 0 Å². The van der Waals surface area contributed by atoms with Gasteiger partial charge in [0.2, 0.25) is 10.0 Å². The average Bonchev–Trinajstić information content (AvgIpc) is 3.05. The lowest BCUT2D eigenvalue weighted by Gasteiger charge is -2.33. The number of para-hydroxylation sites is 1. The van der Waals surface area contributed by atoms with Crippen LogP contribution in [0.5, 0.6) is 0 Å². The number of hydrogen-bond acceptors (Lipinski definition) is 4. The van der Waals surface area contributed by atoms with E-state index in [4.69, 9.17) is 4.74 Å². The van der Waals surface area contributed by atoms with Crippen LogP contribution >= 0.6 is 0 Å². The lowest BCUT2D eigenvalue weighted by molar-refractivity contribution is 0.197. The van der Waals surface area contributed by atoms with Crippen LogP contribution in [0.4, 0.5) is 10.1 Å². The third-order valence-electron chi connectivity index (χ3n) is 4.36. The Labute approximate surface area is 130 Å². The molecule has 0 amide bonds. The predicted molar refractivity (Wildman–Crippen MR) is 82.8 cm³/mol. The zero-order valence-electron chi connectivity index (χ0n) is 12.4. The van der Waals surface area contributed by atoms with Gasteiger partial charge in [0.15, 0.2) is 0 Å². The number of anilines is 1. The summed E-state index contributed by atoms with van der Waals surface area (Å²) in [5, 5.41) is 2.77. The van der Waals surface area contributed by atoms with Crippen molar-refractivity contribution in [3.63, 3.8) is 0 Å². The second kappa shape index (κ2) is 6.52. The molecule has 2 fully saturated rings. The van der Waals surface area contributed by atoms with E-state index in [1.54, 1.807) is 22.5 Å².